The summed E-state index contributed by atoms with van der Waals surface area (Å²) in [6.45, 7) is 5.62. The maximum Gasteiger partial charge on any atom is 0.265 e. The molecule has 21 heavy (non-hydrogen) atoms. The Morgan fingerprint density at radius 1 is 1.33 bits per heavy atom. The van der Waals surface area contributed by atoms with Crippen LogP contribution in [0.25, 0.3) is 0 Å². The van der Waals surface area contributed by atoms with Gasteiger partial charge in [-0.05, 0) is 25.0 Å². The van der Waals surface area contributed by atoms with Crippen LogP contribution in [0.3, 0.4) is 0 Å². The molecule has 0 radical (unpaired) electrons. The molecule has 5 nitrogen and oxygen atoms in total. The van der Waals surface area contributed by atoms with Crippen LogP contribution in [0.1, 0.15) is 31.1 Å². The molecule has 0 aromatic heterocycles. The van der Waals surface area contributed by atoms with Crippen LogP contribution < -0.4 is 10.1 Å². The first-order chi connectivity index (χ1) is 9.57. The summed E-state index contributed by atoms with van der Waals surface area (Å²) >= 11 is 0. The molecule has 0 saturated carbocycles. The third kappa shape index (κ3) is 4.31. The van der Waals surface area contributed by atoms with Crippen molar-refractivity contribution >= 4 is 25.6 Å². The Hall–Kier alpha value is -1.34. The minimum atomic E-state index is -4.24. The molecule has 1 atom stereocenters. The molecule has 0 aliphatic rings. The summed E-state index contributed by atoms with van der Waals surface area (Å²) in [5, 5.41) is 2.65. The van der Waals surface area contributed by atoms with Gasteiger partial charge >= 0.3 is 0 Å². The van der Waals surface area contributed by atoms with Crippen molar-refractivity contribution in [2.24, 2.45) is 5.92 Å². The molecule has 1 N–H and O–H groups in total. The molecule has 1 rings (SSSR count). The van der Waals surface area contributed by atoms with Gasteiger partial charge < -0.3 is 10.1 Å². The van der Waals surface area contributed by atoms with Gasteiger partial charge in [0.15, 0.2) is 11.6 Å². The third-order valence-electron chi connectivity index (χ3n) is 3.10. The lowest BCUT2D eigenvalue weighted by molar-refractivity contribution is 0.0929. The normalized spacial score (nSPS) is 13.1. The zero-order chi connectivity index (χ0) is 16.4. The number of ether oxygens (including phenoxy) is 1. The fourth-order valence-electron chi connectivity index (χ4n) is 1.54. The number of hydrogen-bond acceptors (Lipinski definition) is 4. The minimum absolute atomic E-state index is 0.139. The number of nitrogens with one attached hydrogen (secondary N) is 1. The van der Waals surface area contributed by atoms with Crippen molar-refractivity contribution in [3.8, 4) is 5.75 Å². The average molecular weight is 338 g/mol. The summed E-state index contributed by atoms with van der Waals surface area (Å²) in [4.78, 5) is 11.5. The van der Waals surface area contributed by atoms with Gasteiger partial charge in [-0.3, -0.25) is 4.79 Å². The first kappa shape index (κ1) is 17.7. The summed E-state index contributed by atoms with van der Waals surface area (Å²) in [6.07, 6.45) is 0. The Labute approximate surface area is 127 Å². The van der Waals surface area contributed by atoms with Crippen molar-refractivity contribution in [1.29, 1.82) is 0 Å². The van der Waals surface area contributed by atoms with Crippen LogP contribution in [0.15, 0.2) is 17.0 Å². The fourth-order valence-corrected chi connectivity index (χ4v) is 2.55. The lowest BCUT2D eigenvalue weighted by Crippen LogP contribution is -2.36. The summed E-state index contributed by atoms with van der Waals surface area (Å²) in [7, 11) is 2.12. The minimum Gasteiger partial charge on any atom is -0.492 e. The first-order valence-corrected chi connectivity index (χ1v) is 8.52. The smallest absolute Gasteiger partial charge is 0.265 e. The zero-order valence-corrected chi connectivity index (χ0v) is 13.7. The van der Waals surface area contributed by atoms with Crippen LogP contribution in [0, 0.1) is 11.7 Å². The molecule has 8 heteroatoms. The summed E-state index contributed by atoms with van der Waals surface area (Å²) in [5.41, 5.74) is -0.139. The second kappa shape index (κ2) is 6.62. The van der Waals surface area contributed by atoms with Gasteiger partial charge in [0.05, 0.1) is 7.11 Å². The molecule has 0 aliphatic heterocycles. The molecule has 0 bridgehead atoms. The van der Waals surface area contributed by atoms with E-state index in [1.54, 1.807) is 6.92 Å². The molecule has 0 aliphatic carbocycles. The Kier molecular flexibility index (Phi) is 5.58. The van der Waals surface area contributed by atoms with Crippen molar-refractivity contribution in [3.05, 3.63) is 23.5 Å². The Morgan fingerprint density at radius 3 is 2.33 bits per heavy atom. The maximum absolute atomic E-state index is 13.9. The number of amides is 1. The van der Waals surface area contributed by atoms with E-state index in [1.165, 1.54) is 0 Å². The summed E-state index contributed by atoms with van der Waals surface area (Å²) in [5.74, 6) is -1.90. The average Bonchev–Trinajstić information content (AvgIpc) is 2.36. The molecular weight excluding hydrogens is 321 g/mol. The highest BCUT2D eigenvalue weighted by molar-refractivity contribution is 8.13. The largest absolute Gasteiger partial charge is 0.492 e. The van der Waals surface area contributed by atoms with E-state index >= 15 is 0 Å². The highest BCUT2D eigenvalue weighted by Crippen LogP contribution is 2.31. The number of carbonyl (C=O) groups excluding carboxylic acids is 1. The van der Waals surface area contributed by atoms with Crippen LogP contribution in [-0.2, 0) is 9.05 Å². The van der Waals surface area contributed by atoms with Gasteiger partial charge in [-0.2, -0.15) is 0 Å². The van der Waals surface area contributed by atoms with E-state index in [0.717, 1.165) is 19.2 Å². The standard InChI is InChI=1S/C13H17ClFNO4S/c1-7(2)8(3)16-13(17)9-5-10(15)12(20-4)11(6-9)21(14,18)19/h5-8H,1-4H3,(H,16,17). The second-order valence-corrected chi connectivity index (χ2v) is 7.47. The van der Waals surface area contributed by atoms with E-state index in [0.29, 0.717) is 0 Å². The van der Waals surface area contributed by atoms with Crippen molar-refractivity contribution in [3.63, 3.8) is 0 Å². The summed E-state index contributed by atoms with van der Waals surface area (Å²) in [6, 6.07) is 1.75. The van der Waals surface area contributed by atoms with Crippen LogP contribution in [0.4, 0.5) is 4.39 Å². The predicted octanol–water partition coefficient (Wildman–Crippen LogP) is 2.54. The number of halogens is 2. The molecule has 0 spiro atoms. The van der Waals surface area contributed by atoms with Gasteiger partial charge in [-0.15, -0.1) is 0 Å². The SMILES string of the molecule is COc1c(F)cc(C(=O)NC(C)C(C)C)cc1S(=O)(=O)Cl. The van der Waals surface area contributed by atoms with Gasteiger partial charge in [0.25, 0.3) is 15.0 Å². The van der Waals surface area contributed by atoms with Crippen molar-refractivity contribution in [2.45, 2.75) is 31.7 Å². The molecular formula is C13H17ClFNO4S. The van der Waals surface area contributed by atoms with E-state index < -0.39 is 31.4 Å². The number of rotatable bonds is 5. The van der Waals surface area contributed by atoms with Crippen molar-refractivity contribution in [2.75, 3.05) is 7.11 Å². The van der Waals surface area contributed by atoms with Gasteiger partial charge in [-0.25, -0.2) is 12.8 Å². The number of benzene rings is 1. The van der Waals surface area contributed by atoms with Gasteiger partial charge in [0.2, 0.25) is 0 Å². The quantitative estimate of drug-likeness (QED) is 0.838. The third-order valence-corrected chi connectivity index (χ3v) is 4.42. The summed E-state index contributed by atoms with van der Waals surface area (Å²) < 4.78 is 41.5. The van der Waals surface area contributed by atoms with Crippen molar-refractivity contribution < 1.29 is 22.3 Å². The number of hydrogen-bond donors (Lipinski definition) is 1. The van der Waals surface area contributed by atoms with Gasteiger partial charge in [0.1, 0.15) is 4.90 Å². The van der Waals surface area contributed by atoms with Crippen LogP contribution in [0.2, 0.25) is 0 Å². The lowest BCUT2D eigenvalue weighted by atomic mass is 10.1. The maximum atomic E-state index is 13.9. The van der Waals surface area contributed by atoms with Gasteiger partial charge in [0, 0.05) is 22.3 Å². The first-order valence-electron chi connectivity index (χ1n) is 6.21. The molecule has 0 saturated heterocycles. The molecule has 1 amide bonds. The second-order valence-electron chi connectivity index (χ2n) is 4.93. The van der Waals surface area contributed by atoms with Crippen molar-refractivity contribution in [1.82, 2.24) is 5.32 Å². The lowest BCUT2D eigenvalue weighted by Gasteiger charge is -2.18. The molecule has 1 aromatic rings. The van der Waals surface area contributed by atoms with E-state index in [2.05, 4.69) is 10.1 Å². The van der Waals surface area contributed by atoms with Crippen LogP contribution in [0.5, 0.6) is 5.75 Å². The Balaban J connectivity index is 3.28. The van der Waals surface area contributed by atoms with Crippen LogP contribution >= 0.6 is 10.7 Å². The molecule has 1 aromatic carbocycles. The molecule has 0 fully saturated rings. The predicted molar refractivity (Wildman–Crippen MR) is 77.8 cm³/mol. The van der Waals surface area contributed by atoms with E-state index in [9.17, 15) is 17.6 Å². The highest BCUT2D eigenvalue weighted by atomic mass is 35.7. The zero-order valence-electron chi connectivity index (χ0n) is 12.1. The Morgan fingerprint density at radius 2 is 1.90 bits per heavy atom. The topological polar surface area (TPSA) is 72.5 Å². The number of carbonyl (C=O) groups is 1. The van der Waals surface area contributed by atoms with Crippen LogP contribution in [-0.4, -0.2) is 27.5 Å². The van der Waals surface area contributed by atoms with Gasteiger partial charge in [-0.1, -0.05) is 13.8 Å². The number of methoxy groups -OCH3 is 1. The monoisotopic (exact) mass is 337 g/mol. The van der Waals surface area contributed by atoms with E-state index in [4.69, 9.17) is 10.7 Å². The molecule has 0 heterocycles. The highest BCUT2D eigenvalue weighted by Gasteiger charge is 2.24. The molecule has 118 valence electrons. The fraction of sp³-hybridized carbons (Fsp3) is 0.462. The van der Waals surface area contributed by atoms with E-state index in [-0.39, 0.29) is 17.5 Å². The molecule has 1 unspecified atom stereocenters. The Bertz CT molecular complexity index is 646. The van der Waals surface area contributed by atoms with E-state index in [1.807, 2.05) is 13.8 Å².